The number of carbonyl (C=O) groups excluding carboxylic acids is 2. The standard InChI is InChI=1S/C9H12BrN3O2/c1-2-3-8(14)12-13-9(15)7-4-6(10)5-11-7/h4-5,11H,2-3H2,1H3,(H,12,14)(H,13,15). The van der Waals surface area contributed by atoms with E-state index in [0.717, 1.165) is 10.9 Å². The number of amides is 2. The summed E-state index contributed by atoms with van der Waals surface area (Å²) in [5, 5.41) is 0. The molecule has 82 valence electrons. The Hall–Kier alpha value is -1.30. The Morgan fingerprint density at radius 1 is 1.47 bits per heavy atom. The minimum Gasteiger partial charge on any atom is -0.356 e. The van der Waals surface area contributed by atoms with Crippen molar-refractivity contribution < 1.29 is 9.59 Å². The summed E-state index contributed by atoms with van der Waals surface area (Å²) in [7, 11) is 0. The molecule has 0 aliphatic heterocycles. The molecule has 6 heteroatoms. The average Bonchev–Trinajstić information content (AvgIpc) is 2.62. The van der Waals surface area contributed by atoms with Crippen LogP contribution in [0.25, 0.3) is 0 Å². The molecule has 1 rings (SSSR count). The molecule has 1 heterocycles. The van der Waals surface area contributed by atoms with E-state index in [1.165, 1.54) is 0 Å². The number of H-pyrrole nitrogens is 1. The van der Waals surface area contributed by atoms with E-state index in [4.69, 9.17) is 0 Å². The van der Waals surface area contributed by atoms with Gasteiger partial charge in [0.1, 0.15) is 5.69 Å². The normalized spacial score (nSPS) is 9.73. The summed E-state index contributed by atoms with van der Waals surface area (Å²) in [6.45, 7) is 1.89. The highest BCUT2D eigenvalue weighted by Crippen LogP contribution is 2.09. The van der Waals surface area contributed by atoms with Crippen molar-refractivity contribution in [2.45, 2.75) is 19.8 Å². The lowest BCUT2D eigenvalue weighted by atomic mass is 10.3. The van der Waals surface area contributed by atoms with Crippen molar-refractivity contribution in [3.63, 3.8) is 0 Å². The van der Waals surface area contributed by atoms with Crippen LogP contribution in [-0.2, 0) is 4.79 Å². The molecule has 1 aromatic rings. The third-order valence-corrected chi connectivity index (χ3v) is 2.14. The summed E-state index contributed by atoms with van der Waals surface area (Å²) >= 11 is 3.21. The number of hydrogen-bond donors (Lipinski definition) is 3. The predicted octanol–water partition coefficient (Wildman–Crippen LogP) is 1.34. The monoisotopic (exact) mass is 273 g/mol. The van der Waals surface area contributed by atoms with Crippen molar-refractivity contribution in [2.24, 2.45) is 0 Å². The number of rotatable bonds is 3. The lowest BCUT2D eigenvalue weighted by molar-refractivity contribution is -0.121. The van der Waals surface area contributed by atoms with E-state index in [1.807, 2.05) is 6.92 Å². The SMILES string of the molecule is CCCC(=O)NNC(=O)c1cc(Br)c[nH]1. The second kappa shape index (κ2) is 5.55. The molecular formula is C9H12BrN3O2. The minimum absolute atomic E-state index is 0.198. The number of hydrogen-bond acceptors (Lipinski definition) is 2. The maximum absolute atomic E-state index is 11.4. The van der Waals surface area contributed by atoms with Gasteiger partial charge in [-0.2, -0.15) is 0 Å². The Bertz CT molecular complexity index is 362. The van der Waals surface area contributed by atoms with E-state index in [9.17, 15) is 9.59 Å². The Morgan fingerprint density at radius 2 is 2.20 bits per heavy atom. The molecule has 0 spiro atoms. The molecule has 0 fully saturated rings. The van der Waals surface area contributed by atoms with Crippen LogP contribution >= 0.6 is 15.9 Å². The van der Waals surface area contributed by atoms with Crippen molar-refractivity contribution in [2.75, 3.05) is 0 Å². The van der Waals surface area contributed by atoms with Crippen LogP contribution in [0.5, 0.6) is 0 Å². The van der Waals surface area contributed by atoms with E-state index in [1.54, 1.807) is 12.3 Å². The first-order valence-corrected chi connectivity index (χ1v) is 5.36. The third kappa shape index (κ3) is 3.75. The Balaban J connectivity index is 2.40. The second-order valence-electron chi connectivity index (χ2n) is 2.98. The van der Waals surface area contributed by atoms with Crippen LogP contribution in [0, 0.1) is 0 Å². The Morgan fingerprint density at radius 3 is 2.73 bits per heavy atom. The van der Waals surface area contributed by atoms with Crippen LogP contribution in [0.15, 0.2) is 16.7 Å². The molecule has 0 aliphatic carbocycles. The zero-order valence-electron chi connectivity index (χ0n) is 8.26. The van der Waals surface area contributed by atoms with Gasteiger partial charge >= 0.3 is 0 Å². The molecule has 0 unspecified atom stereocenters. The molecule has 0 radical (unpaired) electrons. The number of hydrazine groups is 1. The summed E-state index contributed by atoms with van der Waals surface area (Å²) in [4.78, 5) is 25.2. The molecule has 1 aromatic heterocycles. The maximum Gasteiger partial charge on any atom is 0.286 e. The third-order valence-electron chi connectivity index (χ3n) is 1.68. The zero-order chi connectivity index (χ0) is 11.3. The van der Waals surface area contributed by atoms with Crippen LogP contribution < -0.4 is 10.9 Å². The first kappa shape index (κ1) is 11.8. The summed E-state index contributed by atoms with van der Waals surface area (Å²) < 4.78 is 0.785. The van der Waals surface area contributed by atoms with E-state index in [2.05, 4.69) is 31.8 Å². The number of halogens is 1. The fourth-order valence-electron chi connectivity index (χ4n) is 0.982. The molecule has 0 saturated carbocycles. The average molecular weight is 274 g/mol. The van der Waals surface area contributed by atoms with Crippen molar-refractivity contribution in [3.05, 3.63) is 22.4 Å². The van der Waals surface area contributed by atoms with Crippen LogP contribution in [0.4, 0.5) is 0 Å². The van der Waals surface area contributed by atoms with Crippen molar-refractivity contribution >= 4 is 27.7 Å². The lowest BCUT2D eigenvalue weighted by Crippen LogP contribution is -2.41. The van der Waals surface area contributed by atoms with E-state index in [-0.39, 0.29) is 11.8 Å². The first-order chi connectivity index (χ1) is 7.13. The largest absolute Gasteiger partial charge is 0.356 e. The van der Waals surface area contributed by atoms with Gasteiger partial charge in [0.15, 0.2) is 0 Å². The van der Waals surface area contributed by atoms with Crippen LogP contribution in [0.1, 0.15) is 30.3 Å². The summed E-state index contributed by atoms with van der Waals surface area (Å²) in [5.41, 5.74) is 5.01. The van der Waals surface area contributed by atoms with Gasteiger partial charge in [0.2, 0.25) is 5.91 Å². The minimum atomic E-state index is -0.370. The van der Waals surface area contributed by atoms with Gasteiger partial charge in [-0.15, -0.1) is 0 Å². The highest BCUT2D eigenvalue weighted by Gasteiger charge is 2.08. The number of carbonyl (C=O) groups is 2. The molecule has 3 N–H and O–H groups in total. The van der Waals surface area contributed by atoms with E-state index in [0.29, 0.717) is 12.1 Å². The topological polar surface area (TPSA) is 74.0 Å². The Kier molecular flexibility index (Phi) is 4.36. The highest BCUT2D eigenvalue weighted by atomic mass is 79.9. The molecule has 0 atom stereocenters. The predicted molar refractivity (Wildman–Crippen MR) is 59.0 cm³/mol. The van der Waals surface area contributed by atoms with Crippen LogP contribution in [0.3, 0.4) is 0 Å². The summed E-state index contributed by atoms with van der Waals surface area (Å²) in [5.74, 6) is -0.568. The van der Waals surface area contributed by atoms with Gasteiger partial charge in [0, 0.05) is 17.1 Å². The van der Waals surface area contributed by atoms with Gasteiger partial charge in [0.25, 0.3) is 5.91 Å². The molecule has 5 nitrogen and oxygen atoms in total. The smallest absolute Gasteiger partial charge is 0.286 e. The van der Waals surface area contributed by atoms with Gasteiger partial charge in [-0.25, -0.2) is 0 Å². The Labute approximate surface area is 95.7 Å². The second-order valence-corrected chi connectivity index (χ2v) is 3.90. The summed E-state index contributed by atoms with van der Waals surface area (Å²) in [6, 6.07) is 1.63. The van der Waals surface area contributed by atoms with Gasteiger partial charge in [-0.3, -0.25) is 20.4 Å². The van der Waals surface area contributed by atoms with E-state index < -0.39 is 0 Å². The summed E-state index contributed by atoms with van der Waals surface area (Å²) in [6.07, 6.45) is 2.78. The molecule has 15 heavy (non-hydrogen) atoms. The van der Waals surface area contributed by atoms with Gasteiger partial charge < -0.3 is 4.98 Å². The highest BCUT2D eigenvalue weighted by molar-refractivity contribution is 9.10. The lowest BCUT2D eigenvalue weighted by Gasteiger charge is -2.04. The molecule has 0 aromatic carbocycles. The zero-order valence-corrected chi connectivity index (χ0v) is 9.85. The van der Waals surface area contributed by atoms with Crippen molar-refractivity contribution in [1.82, 2.24) is 15.8 Å². The van der Waals surface area contributed by atoms with Crippen molar-refractivity contribution in [3.8, 4) is 0 Å². The molecule has 0 bridgehead atoms. The van der Waals surface area contributed by atoms with Crippen molar-refractivity contribution in [1.29, 1.82) is 0 Å². The van der Waals surface area contributed by atoms with E-state index >= 15 is 0 Å². The van der Waals surface area contributed by atoms with Gasteiger partial charge in [-0.1, -0.05) is 6.92 Å². The van der Waals surface area contributed by atoms with Crippen LogP contribution in [0.2, 0.25) is 0 Å². The number of nitrogens with one attached hydrogen (secondary N) is 3. The fourth-order valence-corrected chi connectivity index (χ4v) is 1.33. The van der Waals surface area contributed by atoms with Crippen LogP contribution in [-0.4, -0.2) is 16.8 Å². The molecule has 2 amide bonds. The number of aromatic nitrogens is 1. The maximum atomic E-state index is 11.4. The molecule has 0 aliphatic rings. The van der Waals surface area contributed by atoms with Gasteiger partial charge in [0.05, 0.1) is 0 Å². The molecule has 0 saturated heterocycles. The first-order valence-electron chi connectivity index (χ1n) is 4.56. The van der Waals surface area contributed by atoms with Gasteiger partial charge in [-0.05, 0) is 28.4 Å². The molecular weight excluding hydrogens is 262 g/mol. The quantitative estimate of drug-likeness (QED) is 0.727. The number of aromatic amines is 1. The fraction of sp³-hybridized carbons (Fsp3) is 0.333.